The molecule has 0 atom stereocenters. The van der Waals surface area contributed by atoms with Gasteiger partial charge in [-0.1, -0.05) is 0 Å². The van der Waals surface area contributed by atoms with Crippen LogP contribution < -0.4 is 5.32 Å². The molecule has 0 spiro atoms. The fraction of sp³-hybridized carbons (Fsp3) is 0.444. The van der Waals surface area contributed by atoms with Gasteiger partial charge in [-0.25, -0.2) is 9.48 Å². The number of hydrogen-bond donors (Lipinski definition) is 2. The molecule has 22 heavy (non-hydrogen) atoms. The minimum Gasteiger partial charge on any atom is -0.477 e. The van der Waals surface area contributed by atoms with Crippen LogP contribution in [0.4, 0.5) is 19.0 Å². The maximum atomic E-state index is 12.2. The highest BCUT2D eigenvalue weighted by Gasteiger charge is 2.40. The van der Waals surface area contributed by atoms with Gasteiger partial charge in [-0.15, -0.1) is 0 Å². The van der Waals surface area contributed by atoms with E-state index in [1.807, 2.05) is 0 Å². The quantitative estimate of drug-likeness (QED) is 0.698. The van der Waals surface area contributed by atoms with Crippen molar-refractivity contribution >= 4 is 27.8 Å². The van der Waals surface area contributed by atoms with Crippen LogP contribution in [0.3, 0.4) is 0 Å². The molecule has 0 saturated carbocycles. The summed E-state index contributed by atoms with van der Waals surface area (Å²) in [5, 5.41) is 13.7. The Bertz CT molecular complexity index is 681. The molecule has 0 aliphatic rings. The van der Waals surface area contributed by atoms with Crippen molar-refractivity contribution in [2.24, 2.45) is 0 Å². The summed E-state index contributed by atoms with van der Waals surface area (Å²) in [6.45, 7) is -0.901. The van der Waals surface area contributed by atoms with Gasteiger partial charge < -0.3 is 10.4 Å². The minimum atomic E-state index is -5.23. The third-order valence-electron chi connectivity index (χ3n) is 2.16. The smallest absolute Gasteiger partial charge is 0.471 e. The van der Waals surface area contributed by atoms with Crippen LogP contribution in [0.25, 0.3) is 0 Å². The highest BCUT2D eigenvalue weighted by atomic mass is 32.2. The summed E-state index contributed by atoms with van der Waals surface area (Å²) >= 11 is 0. The van der Waals surface area contributed by atoms with Crippen molar-refractivity contribution < 1.29 is 40.5 Å². The number of amides is 1. The molecule has 9 nitrogen and oxygen atoms in total. The Labute approximate surface area is 121 Å². The summed E-state index contributed by atoms with van der Waals surface area (Å²) in [6, 6.07) is 0. The van der Waals surface area contributed by atoms with Crippen molar-refractivity contribution in [3.05, 3.63) is 11.8 Å². The van der Waals surface area contributed by atoms with Crippen molar-refractivity contribution in [1.29, 1.82) is 0 Å². The lowest BCUT2D eigenvalue weighted by molar-refractivity contribution is -0.167. The first-order chi connectivity index (χ1) is 9.92. The average Bonchev–Trinajstić information content (AvgIpc) is 2.69. The SMILES string of the molecule is CS(=O)(=O)OCCn1ncc(C(=O)O)c1NC(=O)C(F)(F)F. The van der Waals surface area contributed by atoms with E-state index in [-0.39, 0.29) is 0 Å². The maximum absolute atomic E-state index is 12.2. The number of anilines is 1. The van der Waals surface area contributed by atoms with Gasteiger partial charge in [-0.05, 0) is 0 Å². The number of alkyl halides is 3. The number of aromatic carboxylic acids is 1. The van der Waals surface area contributed by atoms with E-state index in [2.05, 4.69) is 9.28 Å². The van der Waals surface area contributed by atoms with E-state index in [1.54, 1.807) is 0 Å². The first-order valence-electron chi connectivity index (χ1n) is 5.43. The second-order valence-corrected chi connectivity index (χ2v) is 5.56. The molecule has 0 unspecified atom stereocenters. The molecule has 124 valence electrons. The molecule has 1 aromatic heterocycles. The molecule has 0 aliphatic carbocycles. The number of carbonyl (C=O) groups is 2. The number of halogens is 3. The summed E-state index contributed by atoms with van der Waals surface area (Å²) in [4.78, 5) is 21.8. The third-order valence-corrected chi connectivity index (χ3v) is 2.75. The van der Waals surface area contributed by atoms with E-state index in [4.69, 9.17) is 5.11 Å². The Balaban J connectivity index is 2.99. The zero-order chi connectivity index (χ0) is 17.1. The molecule has 0 fully saturated rings. The highest BCUT2D eigenvalue weighted by Crippen LogP contribution is 2.21. The fourth-order valence-corrected chi connectivity index (χ4v) is 1.67. The first-order valence-corrected chi connectivity index (χ1v) is 7.25. The number of aromatic nitrogens is 2. The van der Waals surface area contributed by atoms with Crippen LogP contribution in [0.5, 0.6) is 0 Å². The summed E-state index contributed by atoms with van der Waals surface area (Å²) in [5.41, 5.74) is -0.683. The van der Waals surface area contributed by atoms with Crippen LogP contribution in [-0.2, 0) is 25.6 Å². The molecule has 0 radical (unpaired) electrons. The normalized spacial score (nSPS) is 12.2. The fourth-order valence-electron chi connectivity index (χ4n) is 1.30. The molecule has 0 aromatic carbocycles. The Morgan fingerprint density at radius 2 is 2.05 bits per heavy atom. The molecule has 1 rings (SSSR count). The summed E-state index contributed by atoms with van der Waals surface area (Å²) in [6.07, 6.45) is -3.76. The number of carbonyl (C=O) groups excluding carboxylic acids is 1. The van der Waals surface area contributed by atoms with Crippen LogP contribution in [0, 0.1) is 0 Å². The number of nitrogens with zero attached hydrogens (tertiary/aromatic N) is 2. The van der Waals surface area contributed by atoms with Crippen LogP contribution in [0.2, 0.25) is 0 Å². The van der Waals surface area contributed by atoms with Crippen molar-refractivity contribution in [3.8, 4) is 0 Å². The molecule has 1 amide bonds. The van der Waals surface area contributed by atoms with Crippen molar-refractivity contribution in [2.75, 3.05) is 18.2 Å². The van der Waals surface area contributed by atoms with E-state index in [9.17, 15) is 31.2 Å². The molecule has 13 heteroatoms. The topological polar surface area (TPSA) is 128 Å². The standard InChI is InChI=1S/C9H10F3N3O6S/c1-22(19,20)21-3-2-15-6(5(4-13-15)7(16)17)14-8(18)9(10,11)12/h4H,2-3H2,1H3,(H,14,18)(H,16,17). The zero-order valence-electron chi connectivity index (χ0n) is 10.9. The summed E-state index contributed by atoms with van der Waals surface area (Å²) in [5.74, 6) is -4.74. The monoisotopic (exact) mass is 345 g/mol. The summed E-state index contributed by atoms with van der Waals surface area (Å²) in [7, 11) is -3.79. The maximum Gasteiger partial charge on any atom is 0.471 e. The Kier molecular flexibility index (Phi) is 5.13. The zero-order valence-corrected chi connectivity index (χ0v) is 11.7. The third kappa shape index (κ3) is 5.00. The van der Waals surface area contributed by atoms with Gasteiger partial charge in [0, 0.05) is 0 Å². The molecule has 1 aromatic rings. The predicted octanol–water partition coefficient (Wildman–Crippen LogP) is 0.0583. The molecular formula is C9H10F3N3O6S. The minimum absolute atomic E-state index is 0.395. The Morgan fingerprint density at radius 1 is 1.45 bits per heavy atom. The van der Waals surface area contributed by atoms with Crippen LogP contribution in [0.15, 0.2) is 6.20 Å². The van der Waals surface area contributed by atoms with Gasteiger partial charge >= 0.3 is 18.1 Å². The lowest BCUT2D eigenvalue weighted by atomic mass is 10.3. The Morgan fingerprint density at radius 3 is 2.50 bits per heavy atom. The second kappa shape index (κ2) is 6.31. The molecule has 0 aliphatic heterocycles. The largest absolute Gasteiger partial charge is 0.477 e. The highest BCUT2D eigenvalue weighted by molar-refractivity contribution is 7.85. The van der Waals surface area contributed by atoms with E-state index in [0.29, 0.717) is 4.68 Å². The number of hydrogen-bond acceptors (Lipinski definition) is 6. The van der Waals surface area contributed by atoms with E-state index >= 15 is 0 Å². The first kappa shape index (κ1) is 17.9. The summed E-state index contributed by atoms with van der Waals surface area (Å²) < 4.78 is 63.2. The van der Waals surface area contributed by atoms with E-state index in [0.717, 1.165) is 12.5 Å². The average molecular weight is 345 g/mol. The van der Waals surface area contributed by atoms with Gasteiger partial charge in [-0.3, -0.25) is 8.98 Å². The van der Waals surface area contributed by atoms with Gasteiger partial charge in [0.1, 0.15) is 11.4 Å². The molecule has 2 N–H and O–H groups in total. The van der Waals surface area contributed by atoms with Crippen LogP contribution in [-0.4, -0.2) is 54.2 Å². The number of carboxylic acids is 1. The van der Waals surface area contributed by atoms with Crippen molar-refractivity contribution in [3.63, 3.8) is 0 Å². The van der Waals surface area contributed by atoms with Crippen LogP contribution >= 0.6 is 0 Å². The van der Waals surface area contributed by atoms with E-state index in [1.165, 1.54) is 5.32 Å². The molecule has 1 heterocycles. The predicted molar refractivity (Wildman–Crippen MR) is 64.7 cm³/mol. The number of nitrogens with one attached hydrogen (secondary N) is 1. The van der Waals surface area contributed by atoms with E-state index < -0.39 is 52.7 Å². The lowest BCUT2D eigenvalue weighted by Crippen LogP contribution is -2.31. The number of rotatable bonds is 6. The number of carboxylic acid groups (broad SMARTS) is 1. The van der Waals surface area contributed by atoms with Gasteiger partial charge in [0.2, 0.25) is 0 Å². The molecule has 0 saturated heterocycles. The van der Waals surface area contributed by atoms with Crippen molar-refractivity contribution in [2.45, 2.75) is 12.7 Å². The van der Waals surface area contributed by atoms with Crippen molar-refractivity contribution in [1.82, 2.24) is 9.78 Å². The van der Waals surface area contributed by atoms with Gasteiger partial charge in [0.25, 0.3) is 10.1 Å². The molecular weight excluding hydrogens is 335 g/mol. The van der Waals surface area contributed by atoms with Gasteiger partial charge in [0.15, 0.2) is 0 Å². The Hall–Kier alpha value is -2.15. The van der Waals surface area contributed by atoms with Crippen LogP contribution in [0.1, 0.15) is 10.4 Å². The van der Waals surface area contributed by atoms with Gasteiger partial charge in [0.05, 0.1) is 25.6 Å². The van der Waals surface area contributed by atoms with Gasteiger partial charge in [-0.2, -0.15) is 26.7 Å². The molecule has 0 bridgehead atoms. The second-order valence-electron chi connectivity index (χ2n) is 3.91. The lowest BCUT2D eigenvalue weighted by Gasteiger charge is -2.11.